The van der Waals surface area contributed by atoms with Gasteiger partial charge in [-0.15, -0.1) is 0 Å². The molecule has 1 aliphatic heterocycles. The Morgan fingerprint density at radius 2 is 1.58 bits per heavy atom. The number of methoxy groups -OCH3 is 1. The Balaban J connectivity index is 2.02. The van der Waals surface area contributed by atoms with Crippen LogP contribution < -0.4 is 9.64 Å². The first-order chi connectivity index (χ1) is 11.4. The molecule has 0 fully saturated rings. The highest BCUT2D eigenvalue weighted by atomic mass is 35.5. The third kappa shape index (κ3) is 2.77. The number of rotatable bonds is 3. The molecule has 2 aromatic rings. The van der Waals surface area contributed by atoms with Gasteiger partial charge in [-0.3, -0.25) is 9.59 Å². The number of nitrogens with zero attached hydrogens (tertiary/aromatic N) is 1. The van der Waals surface area contributed by atoms with Gasteiger partial charge in [0.2, 0.25) is 0 Å². The maximum absolute atomic E-state index is 12.7. The molecule has 7 heteroatoms. The quantitative estimate of drug-likeness (QED) is 0.733. The molecule has 0 saturated carbocycles. The third-order valence-corrected chi connectivity index (χ3v) is 4.45. The van der Waals surface area contributed by atoms with Crippen LogP contribution in [0.15, 0.2) is 47.5 Å². The fraction of sp³-hybridized carbons (Fsp3) is 0.0588. The molecule has 0 atom stereocenters. The van der Waals surface area contributed by atoms with Crippen molar-refractivity contribution >= 4 is 57.9 Å². The Morgan fingerprint density at radius 1 is 0.917 bits per heavy atom. The summed E-state index contributed by atoms with van der Waals surface area (Å²) in [6.07, 6.45) is 0. The van der Waals surface area contributed by atoms with Gasteiger partial charge in [-0.05, 0) is 35.9 Å². The number of imide groups is 1. The molecule has 122 valence electrons. The molecular formula is C17H10Cl3NO3. The van der Waals surface area contributed by atoms with Gasteiger partial charge in [0.05, 0.1) is 23.4 Å². The number of carbonyl (C=O) groups excluding carboxylic acids is 2. The van der Waals surface area contributed by atoms with E-state index in [1.807, 2.05) is 0 Å². The fourth-order valence-electron chi connectivity index (χ4n) is 2.40. The third-order valence-electron chi connectivity index (χ3n) is 3.55. The van der Waals surface area contributed by atoms with Gasteiger partial charge in [-0.1, -0.05) is 46.9 Å². The number of amides is 2. The number of halogens is 3. The SMILES string of the molecule is COc1ccc(N2C(=O)C(Cl)=C(c3ccc(Cl)cc3)C2=O)cc1Cl. The van der Waals surface area contributed by atoms with Crippen molar-refractivity contribution in [3.05, 3.63) is 63.1 Å². The van der Waals surface area contributed by atoms with E-state index in [0.717, 1.165) is 4.90 Å². The zero-order valence-electron chi connectivity index (χ0n) is 12.3. The molecule has 0 N–H and O–H groups in total. The van der Waals surface area contributed by atoms with Gasteiger partial charge in [0, 0.05) is 5.02 Å². The maximum Gasteiger partial charge on any atom is 0.277 e. The molecule has 0 bridgehead atoms. The molecule has 2 amide bonds. The van der Waals surface area contributed by atoms with Crippen LogP contribution in [-0.4, -0.2) is 18.9 Å². The molecule has 24 heavy (non-hydrogen) atoms. The van der Waals surface area contributed by atoms with E-state index in [1.165, 1.54) is 13.2 Å². The van der Waals surface area contributed by atoms with E-state index in [1.54, 1.807) is 36.4 Å². The Bertz CT molecular complexity index is 875. The fourth-order valence-corrected chi connectivity index (χ4v) is 3.05. The summed E-state index contributed by atoms with van der Waals surface area (Å²) in [6, 6.07) is 11.1. The minimum Gasteiger partial charge on any atom is -0.495 e. The maximum atomic E-state index is 12.7. The largest absolute Gasteiger partial charge is 0.495 e. The summed E-state index contributed by atoms with van der Waals surface area (Å²) >= 11 is 18.0. The number of hydrogen-bond acceptors (Lipinski definition) is 3. The van der Waals surface area contributed by atoms with Crippen LogP contribution in [0.4, 0.5) is 5.69 Å². The lowest BCUT2D eigenvalue weighted by Gasteiger charge is -2.16. The topological polar surface area (TPSA) is 46.6 Å². The van der Waals surface area contributed by atoms with Crippen LogP contribution in [0, 0.1) is 0 Å². The van der Waals surface area contributed by atoms with Gasteiger partial charge in [-0.2, -0.15) is 0 Å². The van der Waals surface area contributed by atoms with E-state index in [9.17, 15) is 9.59 Å². The van der Waals surface area contributed by atoms with Crippen LogP contribution in [0.3, 0.4) is 0 Å². The molecular weight excluding hydrogens is 373 g/mol. The molecule has 0 aromatic heterocycles. The molecule has 0 unspecified atom stereocenters. The van der Waals surface area contributed by atoms with Gasteiger partial charge < -0.3 is 4.74 Å². The second kappa shape index (κ2) is 6.48. The Hall–Kier alpha value is -2.01. The summed E-state index contributed by atoms with van der Waals surface area (Å²) in [7, 11) is 1.48. The molecule has 0 aliphatic carbocycles. The highest BCUT2D eigenvalue weighted by Gasteiger charge is 2.39. The molecule has 3 rings (SSSR count). The Morgan fingerprint density at radius 3 is 2.17 bits per heavy atom. The zero-order chi connectivity index (χ0) is 17.4. The average molecular weight is 383 g/mol. The van der Waals surface area contributed by atoms with Crippen molar-refractivity contribution in [2.45, 2.75) is 0 Å². The molecule has 2 aromatic carbocycles. The van der Waals surface area contributed by atoms with E-state index < -0.39 is 11.8 Å². The summed E-state index contributed by atoms with van der Waals surface area (Å²) in [4.78, 5) is 26.2. The van der Waals surface area contributed by atoms with Crippen molar-refractivity contribution < 1.29 is 14.3 Å². The van der Waals surface area contributed by atoms with Crippen LogP contribution in [0.1, 0.15) is 5.56 Å². The molecule has 4 nitrogen and oxygen atoms in total. The van der Waals surface area contributed by atoms with E-state index >= 15 is 0 Å². The van der Waals surface area contributed by atoms with Gasteiger partial charge >= 0.3 is 0 Å². The normalized spacial score (nSPS) is 14.6. The van der Waals surface area contributed by atoms with Gasteiger partial charge in [-0.25, -0.2) is 4.90 Å². The van der Waals surface area contributed by atoms with E-state index in [2.05, 4.69) is 0 Å². The first-order valence-corrected chi connectivity index (χ1v) is 7.95. The first kappa shape index (κ1) is 16.8. The van der Waals surface area contributed by atoms with Crippen molar-refractivity contribution in [1.82, 2.24) is 0 Å². The first-order valence-electron chi connectivity index (χ1n) is 6.82. The zero-order valence-corrected chi connectivity index (χ0v) is 14.6. The number of ether oxygens (including phenoxy) is 1. The molecule has 0 spiro atoms. The summed E-state index contributed by atoms with van der Waals surface area (Å²) in [6.45, 7) is 0. The minimum atomic E-state index is -0.604. The molecule has 0 saturated heterocycles. The Kier molecular flexibility index (Phi) is 4.54. The van der Waals surface area contributed by atoms with Crippen molar-refractivity contribution in [2.24, 2.45) is 0 Å². The van der Waals surface area contributed by atoms with Gasteiger partial charge in [0.25, 0.3) is 11.8 Å². The highest BCUT2D eigenvalue weighted by molar-refractivity contribution is 6.60. The molecule has 0 radical (unpaired) electrons. The predicted octanol–water partition coefficient (Wildman–Crippen LogP) is 4.53. The van der Waals surface area contributed by atoms with Gasteiger partial charge in [0.15, 0.2) is 0 Å². The van der Waals surface area contributed by atoms with E-state index in [0.29, 0.717) is 22.0 Å². The summed E-state index contributed by atoms with van der Waals surface area (Å²) in [5.41, 5.74) is 0.966. The second-order valence-corrected chi connectivity index (χ2v) is 6.18. The lowest BCUT2D eigenvalue weighted by molar-refractivity contribution is -0.119. The standard InChI is InChI=1S/C17H10Cl3NO3/c1-24-13-7-6-11(8-12(13)19)21-16(22)14(15(20)17(21)23)9-2-4-10(18)5-3-9/h2-8H,1H3. The summed E-state index contributed by atoms with van der Waals surface area (Å²) in [5.74, 6) is -0.683. The van der Waals surface area contributed by atoms with Crippen LogP contribution in [-0.2, 0) is 9.59 Å². The smallest absolute Gasteiger partial charge is 0.277 e. The van der Waals surface area contributed by atoms with E-state index in [-0.39, 0.29) is 15.6 Å². The van der Waals surface area contributed by atoms with Gasteiger partial charge in [0.1, 0.15) is 10.8 Å². The highest BCUT2D eigenvalue weighted by Crippen LogP contribution is 2.37. The number of carbonyl (C=O) groups is 2. The Labute approximate surface area is 153 Å². The summed E-state index contributed by atoms with van der Waals surface area (Å²) in [5, 5.41) is 0.659. The van der Waals surface area contributed by atoms with Crippen LogP contribution in [0.25, 0.3) is 5.57 Å². The second-order valence-electron chi connectivity index (χ2n) is 4.96. The van der Waals surface area contributed by atoms with Crippen LogP contribution in [0.5, 0.6) is 5.75 Å². The molecule has 1 aliphatic rings. The van der Waals surface area contributed by atoms with E-state index in [4.69, 9.17) is 39.5 Å². The van der Waals surface area contributed by atoms with Crippen molar-refractivity contribution in [1.29, 1.82) is 0 Å². The summed E-state index contributed by atoms with van der Waals surface area (Å²) < 4.78 is 5.07. The van der Waals surface area contributed by atoms with Crippen LogP contribution >= 0.6 is 34.8 Å². The van der Waals surface area contributed by atoms with Crippen molar-refractivity contribution in [3.8, 4) is 5.75 Å². The van der Waals surface area contributed by atoms with Crippen LogP contribution in [0.2, 0.25) is 10.0 Å². The minimum absolute atomic E-state index is 0.130. The lowest BCUT2D eigenvalue weighted by Crippen LogP contribution is -2.31. The monoisotopic (exact) mass is 381 g/mol. The molecule has 1 heterocycles. The number of benzene rings is 2. The average Bonchev–Trinajstić information content (AvgIpc) is 2.78. The lowest BCUT2D eigenvalue weighted by atomic mass is 10.1. The van der Waals surface area contributed by atoms with Crippen molar-refractivity contribution in [2.75, 3.05) is 12.0 Å². The van der Waals surface area contributed by atoms with Crippen molar-refractivity contribution in [3.63, 3.8) is 0 Å². The number of anilines is 1. The predicted molar refractivity (Wildman–Crippen MR) is 94.7 cm³/mol. The number of hydrogen-bond donors (Lipinski definition) is 0.